The molecule has 29 heavy (non-hydrogen) atoms. The zero-order valence-electron chi connectivity index (χ0n) is 16.0. The van der Waals surface area contributed by atoms with Gasteiger partial charge in [0.1, 0.15) is 0 Å². The fourth-order valence-electron chi connectivity index (χ4n) is 4.47. The third-order valence-corrected chi connectivity index (χ3v) is 5.88. The van der Waals surface area contributed by atoms with Crippen LogP contribution in [0.3, 0.4) is 0 Å². The summed E-state index contributed by atoms with van der Waals surface area (Å²) in [4.78, 5) is 4.94. The molecule has 0 aromatic heterocycles. The number of hydrogen-bond acceptors (Lipinski definition) is 1. The molecule has 0 bridgehead atoms. The van der Waals surface area contributed by atoms with Gasteiger partial charge in [-0.3, -0.25) is 4.99 Å². The van der Waals surface area contributed by atoms with E-state index in [-0.39, 0.29) is 0 Å². The Morgan fingerprint density at radius 1 is 0.586 bits per heavy atom. The van der Waals surface area contributed by atoms with E-state index in [4.69, 9.17) is 4.99 Å². The van der Waals surface area contributed by atoms with Crippen LogP contribution in [0.5, 0.6) is 0 Å². The SMILES string of the molecule is C1=C2C(=Nc3ccccc32)Cc2c1cc(-c1ccccc1)cc2-c1ccccc1. The van der Waals surface area contributed by atoms with E-state index in [2.05, 4.69) is 103 Å². The summed E-state index contributed by atoms with van der Waals surface area (Å²) in [5.74, 6) is 0. The van der Waals surface area contributed by atoms with Gasteiger partial charge in [-0.1, -0.05) is 78.9 Å². The molecule has 0 spiro atoms. The van der Waals surface area contributed by atoms with E-state index in [0.717, 1.165) is 12.1 Å². The van der Waals surface area contributed by atoms with E-state index in [9.17, 15) is 0 Å². The minimum absolute atomic E-state index is 0.870. The summed E-state index contributed by atoms with van der Waals surface area (Å²) in [7, 11) is 0. The molecule has 1 aliphatic heterocycles. The minimum Gasteiger partial charge on any atom is -0.252 e. The average molecular weight is 369 g/mol. The van der Waals surface area contributed by atoms with Gasteiger partial charge in [-0.2, -0.15) is 0 Å². The number of nitrogens with zero attached hydrogens (tertiary/aromatic N) is 1. The maximum absolute atomic E-state index is 4.94. The van der Waals surface area contributed by atoms with Crippen LogP contribution in [0.2, 0.25) is 0 Å². The third kappa shape index (κ3) is 2.67. The monoisotopic (exact) mass is 369 g/mol. The van der Waals surface area contributed by atoms with Crippen molar-refractivity contribution < 1.29 is 0 Å². The number of allylic oxidation sites excluding steroid dienone is 1. The van der Waals surface area contributed by atoms with Gasteiger partial charge < -0.3 is 0 Å². The lowest BCUT2D eigenvalue weighted by Crippen LogP contribution is -2.10. The number of rotatable bonds is 2. The molecule has 1 aliphatic carbocycles. The zero-order chi connectivity index (χ0) is 19.2. The maximum Gasteiger partial charge on any atom is 0.0712 e. The topological polar surface area (TPSA) is 12.4 Å². The fraction of sp³-hybridized carbons (Fsp3) is 0.0357. The van der Waals surface area contributed by atoms with Crippen molar-refractivity contribution in [3.8, 4) is 22.3 Å². The quantitative estimate of drug-likeness (QED) is 0.354. The largest absolute Gasteiger partial charge is 0.252 e. The van der Waals surface area contributed by atoms with Crippen LogP contribution >= 0.6 is 0 Å². The highest BCUT2D eigenvalue weighted by atomic mass is 14.8. The van der Waals surface area contributed by atoms with Crippen LogP contribution in [0.4, 0.5) is 5.69 Å². The molecular weight excluding hydrogens is 350 g/mol. The first-order chi connectivity index (χ1) is 14.4. The van der Waals surface area contributed by atoms with Gasteiger partial charge in [0.05, 0.1) is 11.4 Å². The molecule has 0 unspecified atom stereocenters. The Kier molecular flexibility index (Phi) is 3.60. The number of para-hydroxylation sites is 1. The van der Waals surface area contributed by atoms with Crippen molar-refractivity contribution in [1.29, 1.82) is 0 Å². The maximum atomic E-state index is 4.94. The van der Waals surface area contributed by atoms with E-state index in [0.29, 0.717) is 0 Å². The van der Waals surface area contributed by atoms with Crippen LogP contribution in [-0.2, 0) is 6.42 Å². The van der Waals surface area contributed by atoms with Crippen LogP contribution in [0.1, 0.15) is 16.7 Å². The van der Waals surface area contributed by atoms with Crippen molar-refractivity contribution >= 4 is 23.0 Å². The average Bonchev–Trinajstić information content (AvgIpc) is 3.15. The summed E-state index contributed by atoms with van der Waals surface area (Å²) in [6, 6.07) is 34.5. The van der Waals surface area contributed by atoms with E-state index in [1.807, 2.05) is 0 Å². The van der Waals surface area contributed by atoms with Gasteiger partial charge in [-0.15, -0.1) is 0 Å². The number of hydrogen-bond donors (Lipinski definition) is 0. The van der Waals surface area contributed by atoms with Gasteiger partial charge in [0.2, 0.25) is 0 Å². The van der Waals surface area contributed by atoms with E-state index in [1.165, 1.54) is 50.2 Å². The molecule has 6 rings (SSSR count). The van der Waals surface area contributed by atoms with Gasteiger partial charge >= 0.3 is 0 Å². The summed E-state index contributed by atoms with van der Waals surface area (Å²) < 4.78 is 0. The van der Waals surface area contributed by atoms with Crippen LogP contribution < -0.4 is 0 Å². The highest BCUT2D eigenvalue weighted by Gasteiger charge is 2.27. The first-order valence-corrected chi connectivity index (χ1v) is 10.0. The van der Waals surface area contributed by atoms with Crippen molar-refractivity contribution in [3.05, 3.63) is 114 Å². The molecule has 4 aromatic carbocycles. The van der Waals surface area contributed by atoms with Gasteiger partial charge in [-0.25, -0.2) is 0 Å². The minimum atomic E-state index is 0.870. The lowest BCUT2D eigenvalue weighted by Gasteiger charge is -2.21. The molecule has 0 amide bonds. The highest BCUT2D eigenvalue weighted by molar-refractivity contribution is 6.34. The Morgan fingerprint density at radius 2 is 1.28 bits per heavy atom. The summed E-state index contributed by atoms with van der Waals surface area (Å²) in [6.07, 6.45) is 3.21. The molecule has 1 nitrogen and oxygen atoms in total. The number of aliphatic imine (C=N–C) groups is 1. The molecule has 0 saturated carbocycles. The van der Waals surface area contributed by atoms with Gasteiger partial charge in [-0.05, 0) is 57.7 Å². The van der Waals surface area contributed by atoms with E-state index < -0.39 is 0 Å². The highest BCUT2D eigenvalue weighted by Crippen LogP contribution is 2.43. The normalized spacial score (nSPS) is 13.8. The second-order valence-corrected chi connectivity index (χ2v) is 7.63. The van der Waals surface area contributed by atoms with Crippen molar-refractivity contribution in [2.75, 3.05) is 0 Å². The Labute approximate surface area is 170 Å². The molecule has 1 heteroatoms. The lowest BCUT2D eigenvalue weighted by molar-refractivity contribution is 1.30. The first-order valence-electron chi connectivity index (χ1n) is 10.0. The molecule has 0 saturated heterocycles. The molecule has 0 atom stereocenters. The molecule has 0 radical (unpaired) electrons. The van der Waals surface area contributed by atoms with Crippen molar-refractivity contribution in [2.45, 2.75) is 6.42 Å². The van der Waals surface area contributed by atoms with Gasteiger partial charge in [0, 0.05) is 17.6 Å². The Bertz CT molecular complexity index is 1290. The zero-order valence-corrected chi connectivity index (χ0v) is 16.0. The van der Waals surface area contributed by atoms with Gasteiger partial charge in [0.25, 0.3) is 0 Å². The van der Waals surface area contributed by atoms with Crippen molar-refractivity contribution in [3.63, 3.8) is 0 Å². The second kappa shape index (κ2) is 6.42. The summed E-state index contributed by atoms with van der Waals surface area (Å²) >= 11 is 0. The summed E-state index contributed by atoms with van der Waals surface area (Å²) in [6.45, 7) is 0. The Balaban J connectivity index is 1.61. The number of fused-ring (bicyclic) bond motifs is 4. The Morgan fingerprint density at radius 3 is 2.07 bits per heavy atom. The fourth-order valence-corrected chi connectivity index (χ4v) is 4.47. The molecule has 4 aromatic rings. The standard InChI is InChI=1S/C28H19N/c1-3-9-19(10-4-1)21-15-22-17-26-23-13-7-8-14-27(23)29-28(26)18-25(22)24(16-21)20-11-5-2-6-12-20/h1-17H,18H2. The van der Waals surface area contributed by atoms with Crippen LogP contribution in [0.15, 0.2) is 102 Å². The van der Waals surface area contributed by atoms with Gasteiger partial charge in [0.15, 0.2) is 0 Å². The molecule has 1 heterocycles. The van der Waals surface area contributed by atoms with E-state index >= 15 is 0 Å². The van der Waals surface area contributed by atoms with Crippen LogP contribution in [0, 0.1) is 0 Å². The van der Waals surface area contributed by atoms with Crippen LogP contribution in [0.25, 0.3) is 33.9 Å². The lowest BCUT2D eigenvalue weighted by atomic mass is 9.82. The van der Waals surface area contributed by atoms with Crippen molar-refractivity contribution in [1.82, 2.24) is 0 Å². The molecule has 0 fully saturated rings. The predicted octanol–water partition coefficient (Wildman–Crippen LogP) is 7.20. The van der Waals surface area contributed by atoms with E-state index in [1.54, 1.807) is 0 Å². The summed E-state index contributed by atoms with van der Waals surface area (Å²) in [5, 5.41) is 0. The smallest absolute Gasteiger partial charge is 0.0712 e. The first kappa shape index (κ1) is 16.3. The molecule has 136 valence electrons. The molecule has 0 N–H and O–H groups in total. The number of benzene rings is 4. The molecular formula is C28H19N. The summed E-state index contributed by atoms with van der Waals surface area (Å²) in [5.41, 5.74) is 12.5. The molecule has 2 aliphatic rings. The Hall–Kier alpha value is -3.71. The third-order valence-electron chi connectivity index (χ3n) is 5.88. The van der Waals surface area contributed by atoms with Crippen molar-refractivity contribution in [2.24, 2.45) is 4.99 Å². The van der Waals surface area contributed by atoms with Crippen LogP contribution in [-0.4, -0.2) is 5.71 Å². The predicted molar refractivity (Wildman–Crippen MR) is 122 cm³/mol. The second-order valence-electron chi connectivity index (χ2n) is 7.63.